The molecule has 2 aromatic rings. The summed E-state index contributed by atoms with van der Waals surface area (Å²) in [6.07, 6.45) is 4.82. The van der Waals surface area contributed by atoms with Crippen molar-refractivity contribution in [3.63, 3.8) is 0 Å². The molecular formula is C19H21N3O3S. The maximum atomic E-state index is 13.2. The van der Waals surface area contributed by atoms with Gasteiger partial charge < -0.3 is 5.32 Å². The van der Waals surface area contributed by atoms with Gasteiger partial charge in [-0.25, -0.2) is 8.42 Å². The van der Waals surface area contributed by atoms with Gasteiger partial charge in [-0.1, -0.05) is 31.5 Å². The SMILES string of the molecule is CCC[C@@H]1N(S(=O)(=O)c2cccnc2)CC[C@]12C(=O)Nc1ccccc12. The highest BCUT2D eigenvalue weighted by molar-refractivity contribution is 7.89. The summed E-state index contributed by atoms with van der Waals surface area (Å²) < 4.78 is 28.0. The third-order valence-electron chi connectivity index (χ3n) is 5.51. The molecule has 136 valence electrons. The lowest BCUT2D eigenvalue weighted by Crippen LogP contribution is -2.48. The molecule has 0 radical (unpaired) electrons. The largest absolute Gasteiger partial charge is 0.325 e. The lowest BCUT2D eigenvalue weighted by molar-refractivity contribution is -0.121. The molecule has 0 unspecified atom stereocenters. The zero-order valence-corrected chi connectivity index (χ0v) is 15.4. The molecule has 1 spiro atoms. The van der Waals surface area contributed by atoms with Crippen LogP contribution in [0.4, 0.5) is 5.69 Å². The number of rotatable bonds is 4. The second-order valence-corrected chi connectivity index (χ2v) is 8.72. The maximum Gasteiger partial charge on any atom is 0.244 e. The van der Waals surface area contributed by atoms with Crippen LogP contribution in [0.3, 0.4) is 0 Å². The number of aromatic nitrogens is 1. The summed E-state index contributed by atoms with van der Waals surface area (Å²) in [6, 6.07) is 10.4. The van der Waals surface area contributed by atoms with Crippen LogP contribution in [0.5, 0.6) is 0 Å². The number of nitrogens with one attached hydrogen (secondary N) is 1. The molecule has 1 N–H and O–H groups in total. The molecule has 2 aliphatic rings. The fraction of sp³-hybridized carbons (Fsp3) is 0.368. The first-order chi connectivity index (χ1) is 12.5. The number of sulfonamides is 1. The van der Waals surface area contributed by atoms with E-state index in [4.69, 9.17) is 0 Å². The Kier molecular flexibility index (Phi) is 4.08. The molecule has 6 nitrogen and oxygen atoms in total. The summed E-state index contributed by atoms with van der Waals surface area (Å²) in [5, 5.41) is 2.96. The average molecular weight is 371 g/mol. The first kappa shape index (κ1) is 17.2. The standard InChI is InChI=1S/C19H21N3O3S/c1-2-6-17-19(15-8-3-4-9-16(15)21-18(19)23)10-12-22(17)26(24,25)14-7-5-11-20-13-14/h3-5,7-9,11,13,17H,2,6,10,12H2,1H3,(H,21,23)/t17-,19+/m0/s1. The number of carbonyl (C=O) groups excluding carboxylic acids is 1. The number of nitrogens with zero attached hydrogens (tertiary/aromatic N) is 2. The molecule has 0 bridgehead atoms. The molecule has 1 aromatic carbocycles. The molecule has 0 saturated carbocycles. The van der Waals surface area contributed by atoms with Crippen molar-refractivity contribution >= 4 is 21.6 Å². The summed E-state index contributed by atoms with van der Waals surface area (Å²) in [6.45, 7) is 2.34. The minimum absolute atomic E-state index is 0.0963. The molecule has 2 aliphatic heterocycles. The highest BCUT2D eigenvalue weighted by Crippen LogP contribution is 2.50. The number of hydrogen-bond acceptors (Lipinski definition) is 4. The lowest BCUT2D eigenvalue weighted by Gasteiger charge is -2.33. The van der Waals surface area contributed by atoms with Crippen LogP contribution in [0, 0.1) is 0 Å². The Bertz CT molecular complexity index is 946. The van der Waals surface area contributed by atoms with Crippen LogP contribution in [0.1, 0.15) is 31.7 Å². The number of fused-ring (bicyclic) bond motifs is 2. The predicted octanol–water partition coefficient (Wildman–Crippen LogP) is 2.53. The molecular weight excluding hydrogens is 350 g/mol. The number of carbonyl (C=O) groups is 1. The second kappa shape index (κ2) is 6.17. The van der Waals surface area contributed by atoms with Crippen LogP contribution in [-0.4, -0.2) is 36.2 Å². The van der Waals surface area contributed by atoms with Crippen molar-refractivity contribution in [2.24, 2.45) is 0 Å². The van der Waals surface area contributed by atoms with E-state index in [1.807, 2.05) is 31.2 Å². The van der Waals surface area contributed by atoms with Gasteiger partial charge in [-0.3, -0.25) is 9.78 Å². The van der Waals surface area contributed by atoms with Gasteiger partial charge in [0.25, 0.3) is 0 Å². The van der Waals surface area contributed by atoms with Crippen molar-refractivity contribution in [3.8, 4) is 0 Å². The van der Waals surface area contributed by atoms with E-state index in [-0.39, 0.29) is 10.8 Å². The molecule has 4 rings (SSSR count). The zero-order valence-electron chi connectivity index (χ0n) is 14.6. The van der Waals surface area contributed by atoms with Gasteiger partial charge in [0.15, 0.2) is 0 Å². The number of amides is 1. The number of anilines is 1. The summed E-state index contributed by atoms with van der Waals surface area (Å²) in [4.78, 5) is 17.1. The van der Waals surface area contributed by atoms with Crippen molar-refractivity contribution in [2.45, 2.75) is 42.5 Å². The van der Waals surface area contributed by atoms with Crippen molar-refractivity contribution in [1.29, 1.82) is 0 Å². The zero-order chi connectivity index (χ0) is 18.4. The third-order valence-corrected chi connectivity index (χ3v) is 7.40. The minimum atomic E-state index is -3.71. The number of para-hydroxylation sites is 1. The Balaban J connectivity index is 1.83. The van der Waals surface area contributed by atoms with Gasteiger partial charge in [-0.15, -0.1) is 0 Å². The molecule has 1 fully saturated rings. The van der Waals surface area contributed by atoms with E-state index in [9.17, 15) is 13.2 Å². The van der Waals surface area contributed by atoms with E-state index in [1.54, 1.807) is 18.3 Å². The first-order valence-corrected chi connectivity index (χ1v) is 10.3. The highest BCUT2D eigenvalue weighted by atomic mass is 32.2. The van der Waals surface area contributed by atoms with E-state index < -0.39 is 21.5 Å². The quantitative estimate of drug-likeness (QED) is 0.896. The normalized spacial score (nSPS) is 25.4. The van der Waals surface area contributed by atoms with E-state index in [0.29, 0.717) is 19.4 Å². The Morgan fingerprint density at radius 3 is 2.81 bits per heavy atom. The summed E-state index contributed by atoms with van der Waals surface area (Å²) in [5.41, 5.74) is 0.883. The van der Waals surface area contributed by atoms with E-state index >= 15 is 0 Å². The number of pyridine rings is 1. The predicted molar refractivity (Wildman–Crippen MR) is 98.2 cm³/mol. The highest BCUT2D eigenvalue weighted by Gasteiger charge is 2.59. The van der Waals surface area contributed by atoms with Crippen LogP contribution < -0.4 is 5.32 Å². The van der Waals surface area contributed by atoms with Crippen molar-refractivity contribution < 1.29 is 13.2 Å². The fourth-order valence-corrected chi connectivity index (χ4v) is 6.03. The van der Waals surface area contributed by atoms with Gasteiger partial charge >= 0.3 is 0 Å². The van der Waals surface area contributed by atoms with E-state index in [2.05, 4.69) is 10.3 Å². The van der Waals surface area contributed by atoms with Crippen molar-refractivity contribution in [2.75, 3.05) is 11.9 Å². The van der Waals surface area contributed by atoms with E-state index in [1.165, 1.54) is 10.5 Å². The molecule has 2 atom stereocenters. The van der Waals surface area contributed by atoms with Crippen LogP contribution >= 0.6 is 0 Å². The van der Waals surface area contributed by atoms with Crippen LogP contribution in [0.2, 0.25) is 0 Å². The Hall–Kier alpha value is -2.25. The molecule has 1 amide bonds. The smallest absolute Gasteiger partial charge is 0.244 e. The van der Waals surface area contributed by atoms with Gasteiger partial charge in [0.2, 0.25) is 15.9 Å². The van der Waals surface area contributed by atoms with Crippen LogP contribution in [-0.2, 0) is 20.2 Å². The molecule has 0 aliphatic carbocycles. The molecule has 1 aromatic heterocycles. The number of hydrogen-bond donors (Lipinski definition) is 1. The van der Waals surface area contributed by atoms with Gasteiger partial charge in [0.1, 0.15) is 4.90 Å². The van der Waals surface area contributed by atoms with Crippen LogP contribution in [0.15, 0.2) is 53.7 Å². The third kappa shape index (κ3) is 2.30. The Morgan fingerprint density at radius 1 is 1.27 bits per heavy atom. The van der Waals surface area contributed by atoms with Crippen molar-refractivity contribution in [1.82, 2.24) is 9.29 Å². The summed E-state index contributed by atoms with van der Waals surface area (Å²) in [5.74, 6) is -0.0963. The lowest BCUT2D eigenvalue weighted by atomic mass is 9.74. The molecule has 26 heavy (non-hydrogen) atoms. The molecule has 3 heterocycles. The Labute approximate surface area is 153 Å². The van der Waals surface area contributed by atoms with E-state index in [0.717, 1.165) is 17.7 Å². The average Bonchev–Trinajstić information content (AvgIpc) is 3.17. The summed E-state index contributed by atoms with van der Waals surface area (Å²) >= 11 is 0. The first-order valence-electron chi connectivity index (χ1n) is 8.84. The fourth-order valence-electron chi connectivity index (χ4n) is 4.36. The topological polar surface area (TPSA) is 79.4 Å². The molecule has 1 saturated heterocycles. The van der Waals surface area contributed by atoms with Crippen LogP contribution in [0.25, 0.3) is 0 Å². The van der Waals surface area contributed by atoms with Gasteiger partial charge in [-0.2, -0.15) is 4.31 Å². The van der Waals surface area contributed by atoms with Crippen molar-refractivity contribution in [3.05, 3.63) is 54.4 Å². The number of benzene rings is 1. The maximum absolute atomic E-state index is 13.2. The summed E-state index contributed by atoms with van der Waals surface area (Å²) in [7, 11) is -3.71. The Morgan fingerprint density at radius 2 is 2.08 bits per heavy atom. The van der Waals surface area contributed by atoms with Gasteiger partial charge in [0.05, 0.1) is 5.41 Å². The molecule has 7 heteroatoms. The monoisotopic (exact) mass is 371 g/mol. The minimum Gasteiger partial charge on any atom is -0.325 e. The van der Waals surface area contributed by atoms with Gasteiger partial charge in [0, 0.05) is 30.7 Å². The second-order valence-electron chi connectivity index (χ2n) is 6.83. The van der Waals surface area contributed by atoms with Gasteiger partial charge in [-0.05, 0) is 36.6 Å².